The first-order valence-corrected chi connectivity index (χ1v) is 5.32. The highest BCUT2D eigenvalue weighted by molar-refractivity contribution is 5.79. The molecule has 2 N–H and O–H groups in total. The fraction of sp³-hybridized carbons (Fsp3) is 0.273. The molecule has 0 bridgehead atoms. The lowest BCUT2D eigenvalue weighted by Crippen LogP contribution is -2.36. The lowest BCUT2D eigenvalue weighted by Gasteiger charge is -2.21. The van der Waals surface area contributed by atoms with Gasteiger partial charge in [0.1, 0.15) is 30.7 Å². The van der Waals surface area contributed by atoms with E-state index in [-0.39, 0.29) is 5.56 Å². The number of nitriles is 1. The van der Waals surface area contributed by atoms with Crippen LogP contribution in [0.2, 0.25) is 0 Å². The van der Waals surface area contributed by atoms with Crippen LogP contribution in [0.1, 0.15) is 11.3 Å². The van der Waals surface area contributed by atoms with Gasteiger partial charge in [-0.25, -0.2) is 4.98 Å². The molecule has 21 heavy (non-hydrogen) atoms. The normalized spacial score (nSPS) is 10.8. The number of carbonyl (C=O) groups is 2. The second kappa shape index (κ2) is 6.08. The van der Waals surface area contributed by atoms with E-state index in [1.807, 2.05) is 0 Å². The van der Waals surface area contributed by atoms with Crippen LogP contribution >= 0.6 is 0 Å². The second-order valence-corrected chi connectivity index (χ2v) is 3.82. The molecule has 0 aliphatic rings. The van der Waals surface area contributed by atoms with Crippen LogP contribution in [0.5, 0.6) is 0 Å². The van der Waals surface area contributed by atoms with E-state index in [2.05, 4.69) is 4.98 Å². The van der Waals surface area contributed by atoms with Crippen molar-refractivity contribution in [3.63, 3.8) is 0 Å². The smallest absolute Gasteiger partial charge is 0.433 e. The number of nitrogens with zero attached hydrogens (tertiary/aromatic N) is 3. The second-order valence-electron chi connectivity index (χ2n) is 3.82. The minimum Gasteiger partial charge on any atom is -0.480 e. The van der Waals surface area contributed by atoms with Crippen molar-refractivity contribution in [1.29, 1.82) is 5.26 Å². The number of carboxylic acid groups (broad SMARTS) is 2. The molecule has 7 nitrogen and oxygen atoms in total. The summed E-state index contributed by atoms with van der Waals surface area (Å²) in [5.41, 5.74) is -1.71. The van der Waals surface area contributed by atoms with Gasteiger partial charge in [0.25, 0.3) is 0 Å². The Bertz CT molecular complexity index is 594. The molecule has 0 aliphatic heterocycles. The molecule has 0 saturated heterocycles. The van der Waals surface area contributed by atoms with Gasteiger partial charge in [-0.05, 0) is 12.1 Å². The molecule has 0 saturated carbocycles. The molecule has 0 unspecified atom stereocenters. The third kappa shape index (κ3) is 4.34. The van der Waals surface area contributed by atoms with Gasteiger partial charge in [-0.1, -0.05) is 0 Å². The first-order chi connectivity index (χ1) is 9.65. The first kappa shape index (κ1) is 16.2. The number of alkyl halides is 3. The summed E-state index contributed by atoms with van der Waals surface area (Å²) in [7, 11) is 0. The average molecular weight is 303 g/mol. The highest BCUT2D eigenvalue weighted by Gasteiger charge is 2.34. The van der Waals surface area contributed by atoms with Crippen LogP contribution in [-0.4, -0.2) is 40.2 Å². The minimum atomic E-state index is -4.80. The van der Waals surface area contributed by atoms with Crippen LogP contribution in [0.3, 0.4) is 0 Å². The molecule has 1 aromatic heterocycles. The number of aromatic nitrogens is 1. The Balaban J connectivity index is 3.36. The molecule has 0 atom stereocenters. The predicted molar refractivity (Wildman–Crippen MR) is 61.4 cm³/mol. The Labute approximate surface area is 115 Å². The van der Waals surface area contributed by atoms with Gasteiger partial charge >= 0.3 is 18.1 Å². The molecule has 0 spiro atoms. The van der Waals surface area contributed by atoms with Crippen molar-refractivity contribution < 1.29 is 33.0 Å². The fourth-order valence-corrected chi connectivity index (χ4v) is 1.47. The maximum atomic E-state index is 12.6. The number of rotatable bonds is 5. The van der Waals surface area contributed by atoms with Gasteiger partial charge in [0.05, 0.1) is 5.56 Å². The highest BCUT2D eigenvalue weighted by Crippen LogP contribution is 2.30. The maximum absolute atomic E-state index is 12.6. The zero-order valence-corrected chi connectivity index (χ0v) is 10.3. The molecule has 0 radical (unpaired) electrons. The Hall–Kier alpha value is -2.83. The van der Waals surface area contributed by atoms with E-state index in [1.54, 1.807) is 6.07 Å². The van der Waals surface area contributed by atoms with Gasteiger partial charge in [-0.2, -0.15) is 18.4 Å². The van der Waals surface area contributed by atoms with Crippen LogP contribution in [0.15, 0.2) is 12.1 Å². The van der Waals surface area contributed by atoms with Gasteiger partial charge in [0, 0.05) is 0 Å². The maximum Gasteiger partial charge on any atom is 0.433 e. The van der Waals surface area contributed by atoms with E-state index in [4.69, 9.17) is 15.5 Å². The summed E-state index contributed by atoms with van der Waals surface area (Å²) < 4.78 is 37.8. The number of pyridine rings is 1. The Morgan fingerprint density at radius 2 is 1.76 bits per heavy atom. The molecule has 1 aromatic rings. The summed E-state index contributed by atoms with van der Waals surface area (Å²) in [6.45, 7) is -1.81. The van der Waals surface area contributed by atoms with Crippen molar-refractivity contribution in [3.05, 3.63) is 23.4 Å². The number of carboxylic acids is 2. The topological polar surface area (TPSA) is 115 Å². The van der Waals surface area contributed by atoms with Crippen LogP contribution in [0.25, 0.3) is 0 Å². The molecule has 112 valence electrons. The molecular formula is C11H8F3N3O4. The van der Waals surface area contributed by atoms with Crippen molar-refractivity contribution in [2.75, 3.05) is 18.0 Å². The lowest BCUT2D eigenvalue weighted by atomic mass is 10.2. The summed E-state index contributed by atoms with van der Waals surface area (Å²) in [6, 6.07) is 2.91. The molecule has 0 amide bonds. The SMILES string of the molecule is N#Cc1ccc(C(F)(F)F)nc1N(CC(=O)O)CC(=O)O. The zero-order chi connectivity index (χ0) is 16.2. The van der Waals surface area contributed by atoms with E-state index >= 15 is 0 Å². The fourth-order valence-electron chi connectivity index (χ4n) is 1.47. The third-order valence-corrected chi connectivity index (χ3v) is 2.24. The Kier molecular flexibility index (Phi) is 4.70. The largest absolute Gasteiger partial charge is 0.480 e. The van der Waals surface area contributed by atoms with Crippen LogP contribution < -0.4 is 4.90 Å². The Morgan fingerprint density at radius 3 is 2.14 bits per heavy atom. The number of anilines is 1. The van der Waals surface area contributed by atoms with Crippen molar-refractivity contribution in [2.45, 2.75) is 6.18 Å². The lowest BCUT2D eigenvalue weighted by molar-refractivity contribution is -0.141. The number of hydrogen-bond donors (Lipinski definition) is 2. The third-order valence-electron chi connectivity index (χ3n) is 2.24. The van der Waals surface area contributed by atoms with Crippen LogP contribution in [-0.2, 0) is 15.8 Å². The monoisotopic (exact) mass is 303 g/mol. The first-order valence-electron chi connectivity index (χ1n) is 5.32. The van der Waals surface area contributed by atoms with Gasteiger partial charge < -0.3 is 15.1 Å². The van der Waals surface area contributed by atoms with E-state index < -0.39 is 42.7 Å². The van der Waals surface area contributed by atoms with Crippen molar-refractivity contribution in [2.24, 2.45) is 0 Å². The van der Waals surface area contributed by atoms with Gasteiger partial charge in [-0.3, -0.25) is 9.59 Å². The standard InChI is InChI=1S/C11H8F3N3O4/c12-11(13,14)7-2-1-6(3-15)10(16-7)17(4-8(18)19)5-9(20)21/h1-2H,4-5H2,(H,18,19)(H,20,21). The van der Waals surface area contributed by atoms with Crippen molar-refractivity contribution >= 4 is 17.8 Å². The van der Waals surface area contributed by atoms with Gasteiger partial charge in [0.2, 0.25) is 0 Å². The molecular weight excluding hydrogens is 295 g/mol. The van der Waals surface area contributed by atoms with E-state index in [0.717, 1.165) is 6.07 Å². The quantitative estimate of drug-likeness (QED) is 0.832. The molecule has 1 heterocycles. The summed E-state index contributed by atoms with van der Waals surface area (Å²) in [5.74, 6) is -3.59. The molecule has 0 fully saturated rings. The zero-order valence-electron chi connectivity index (χ0n) is 10.3. The molecule has 1 rings (SSSR count). The summed E-state index contributed by atoms with van der Waals surface area (Å²) in [5, 5.41) is 26.2. The number of hydrogen-bond acceptors (Lipinski definition) is 5. The highest BCUT2D eigenvalue weighted by atomic mass is 19.4. The predicted octanol–water partition coefficient (Wildman–Crippen LogP) is 0.948. The number of halogens is 3. The van der Waals surface area contributed by atoms with Gasteiger partial charge in [0.15, 0.2) is 0 Å². The molecule has 0 aliphatic carbocycles. The Morgan fingerprint density at radius 1 is 1.24 bits per heavy atom. The summed E-state index contributed by atoms with van der Waals surface area (Å²) in [4.78, 5) is 25.1. The van der Waals surface area contributed by atoms with Crippen LogP contribution in [0, 0.1) is 11.3 Å². The van der Waals surface area contributed by atoms with E-state index in [0.29, 0.717) is 11.0 Å². The van der Waals surface area contributed by atoms with Crippen molar-refractivity contribution in [1.82, 2.24) is 4.98 Å². The van der Waals surface area contributed by atoms with E-state index in [1.165, 1.54) is 0 Å². The van der Waals surface area contributed by atoms with Crippen LogP contribution in [0.4, 0.5) is 19.0 Å². The van der Waals surface area contributed by atoms with E-state index in [9.17, 15) is 22.8 Å². The van der Waals surface area contributed by atoms with Gasteiger partial charge in [-0.15, -0.1) is 0 Å². The summed E-state index contributed by atoms with van der Waals surface area (Å²) >= 11 is 0. The number of aliphatic carboxylic acids is 2. The molecule has 0 aromatic carbocycles. The summed E-state index contributed by atoms with van der Waals surface area (Å²) in [6.07, 6.45) is -4.80. The molecule has 10 heteroatoms. The van der Waals surface area contributed by atoms with Crippen molar-refractivity contribution in [3.8, 4) is 6.07 Å². The minimum absolute atomic E-state index is 0.356. The average Bonchev–Trinajstić information content (AvgIpc) is 2.35.